The van der Waals surface area contributed by atoms with Gasteiger partial charge in [-0.1, -0.05) is 60.7 Å². The molecule has 1 heterocycles. The monoisotopic (exact) mass is 331 g/mol. The van der Waals surface area contributed by atoms with E-state index in [9.17, 15) is 0 Å². The molecule has 0 saturated carbocycles. The average molecular weight is 331 g/mol. The Kier molecular flexibility index (Phi) is 4.55. The van der Waals surface area contributed by atoms with Gasteiger partial charge in [0.1, 0.15) is 18.1 Å². The number of fused-ring (bicyclic) bond motifs is 1. The molecule has 1 aliphatic heterocycles. The van der Waals surface area contributed by atoms with Crippen molar-refractivity contribution in [3.8, 4) is 11.5 Å². The molecule has 126 valence electrons. The Hall–Kier alpha value is -2.94. The van der Waals surface area contributed by atoms with Crippen LogP contribution < -0.4 is 14.4 Å². The van der Waals surface area contributed by atoms with Crippen molar-refractivity contribution in [3.63, 3.8) is 0 Å². The van der Waals surface area contributed by atoms with Crippen LogP contribution in [0.25, 0.3) is 0 Å². The normalized spacial score (nSPS) is 16.0. The summed E-state index contributed by atoms with van der Waals surface area (Å²) in [4.78, 5) is 2.37. The number of anilines is 1. The number of ether oxygens (including phenoxy) is 2. The highest BCUT2D eigenvalue weighted by molar-refractivity contribution is 5.60. The largest absolute Gasteiger partial charge is 0.490 e. The fourth-order valence-corrected chi connectivity index (χ4v) is 3.13. The number of nitrogens with zero attached hydrogens (tertiary/aromatic N) is 1. The summed E-state index contributed by atoms with van der Waals surface area (Å²) in [6.07, 6.45) is -0.00109. The van der Waals surface area contributed by atoms with Crippen molar-refractivity contribution in [3.05, 3.63) is 90.5 Å². The Labute approximate surface area is 148 Å². The number of hydrogen-bond acceptors (Lipinski definition) is 3. The Morgan fingerprint density at radius 3 is 2.32 bits per heavy atom. The second-order valence-electron chi connectivity index (χ2n) is 6.20. The van der Waals surface area contributed by atoms with E-state index < -0.39 is 0 Å². The maximum atomic E-state index is 6.15. The summed E-state index contributed by atoms with van der Waals surface area (Å²) >= 11 is 0. The van der Waals surface area contributed by atoms with Crippen molar-refractivity contribution >= 4 is 5.69 Å². The van der Waals surface area contributed by atoms with Crippen molar-refractivity contribution in [2.75, 3.05) is 18.1 Å². The van der Waals surface area contributed by atoms with Crippen LogP contribution in [0.5, 0.6) is 11.5 Å². The van der Waals surface area contributed by atoms with E-state index in [1.54, 1.807) is 0 Å². The zero-order valence-corrected chi connectivity index (χ0v) is 14.0. The highest BCUT2D eigenvalue weighted by Crippen LogP contribution is 2.34. The van der Waals surface area contributed by atoms with Crippen LogP contribution in [0.15, 0.2) is 84.9 Å². The molecule has 3 heteroatoms. The molecule has 0 fully saturated rings. The van der Waals surface area contributed by atoms with E-state index >= 15 is 0 Å². The van der Waals surface area contributed by atoms with Crippen LogP contribution in [0.1, 0.15) is 5.56 Å². The smallest absolute Gasteiger partial charge is 0.150 e. The van der Waals surface area contributed by atoms with Gasteiger partial charge >= 0.3 is 0 Å². The van der Waals surface area contributed by atoms with Gasteiger partial charge in [0, 0.05) is 6.54 Å². The minimum absolute atomic E-state index is 0.00109. The molecule has 0 aromatic heterocycles. The lowest BCUT2D eigenvalue weighted by atomic mass is 10.1. The third-order valence-electron chi connectivity index (χ3n) is 4.32. The van der Waals surface area contributed by atoms with Gasteiger partial charge in [-0.25, -0.2) is 0 Å². The van der Waals surface area contributed by atoms with Gasteiger partial charge in [0.25, 0.3) is 0 Å². The molecule has 1 unspecified atom stereocenters. The molecule has 1 atom stereocenters. The van der Waals surface area contributed by atoms with Gasteiger partial charge < -0.3 is 14.4 Å². The molecule has 0 N–H and O–H groups in total. The third-order valence-corrected chi connectivity index (χ3v) is 4.32. The Bertz CT molecular complexity index is 805. The molecule has 0 saturated heterocycles. The van der Waals surface area contributed by atoms with E-state index in [0.29, 0.717) is 6.61 Å². The fraction of sp³-hybridized carbons (Fsp3) is 0.182. The number of rotatable bonds is 5. The summed E-state index contributed by atoms with van der Waals surface area (Å²) in [5, 5.41) is 0. The van der Waals surface area contributed by atoms with E-state index in [2.05, 4.69) is 41.3 Å². The average Bonchev–Trinajstić information content (AvgIpc) is 2.68. The molecule has 3 aromatic rings. The highest BCUT2D eigenvalue weighted by atomic mass is 16.5. The molecule has 0 aliphatic carbocycles. The molecule has 25 heavy (non-hydrogen) atoms. The van der Waals surface area contributed by atoms with Crippen LogP contribution >= 0.6 is 0 Å². The lowest BCUT2D eigenvalue weighted by molar-refractivity contribution is 0.124. The molecule has 3 nitrogen and oxygen atoms in total. The van der Waals surface area contributed by atoms with Crippen LogP contribution in [-0.2, 0) is 6.54 Å². The first-order valence-corrected chi connectivity index (χ1v) is 8.61. The molecule has 4 rings (SSSR count). The van der Waals surface area contributed by atoms with Crippen molar-refractivity contribution < 1.29 is 9.47 Å². The van der Waals surface area contributed by atoms with E-state index in [4.69, 9.17) is 9.47 Å². The SMILES string of the molecule is c1ccc(CN2CC(COc3ccccc3)Oc3ccccc32)cc1. The van der Waals surface area contributed by atoms with Gasteiger partial charge in [-0.05, 0) is 29.8 Å². The molecular formula is C22H21NO2. The van der Waals surface area contributed by atoms with E-state index in [0.717, 1.165) is 30.3 Å². The topological polar surface area (TPSA) is 21.7 Å². The predicted molar refractivity (Wildman–Crippen MR) is 100 cm³/mol. The first-order chi connectivity index (χ1) is 12.4. The van der Waals surface area contributed by atoms with Crippen LogP contribution in [-0.4, -0.2) is 19.3 Å². The van der Waals surface area contributed by atoms with E-state index in [-0.39, 0.29) is 6.10 Å². The van der Waals surface area contributed by atoms with E-state index in [1.807, 2.05) is 48.5 Å². The first kappa shape index (κ1) is 15.6. The van der Waals surface area contributed by atoms with Gasteiger partial charge in [0.2, 0.25) is 0 Å². The standard InChI is InChI=1S/C22H21NO2/c1-3-9-18(10-4-1)15-23-16-20(17-24-19-11-5-2-6-12-19)25-22-14-8-7-13-21(22)23/h1-14,20H,15-17H2. The van der Waals surface area contributed by atoms with Crippen molar-refractivity contribution in [2.24, 2.45) is 0 Å². The van der Waals surface area contributed by atoms with Gasteiger partial charge in [-0.3, -0.25) is 0 Å². The lowest BCUT2D eigenvalue weighted by Crippen LogP contribution is -2.42. The molecule has 0 amide bonds. The van der Waals surface area contributed by atoms with Crippen molar-refractivity contribution in [1.29, 1.82) is 0 Å². The molecule has 0 bridgehead atoms. The van der Waals surface area contributed by atoms with Gasteiger partial charge in [0.05, 0.1) is 12.2 Å². The van der Waals surface area contributed by atoms with Crippen molar-refractivity contribution in [2.45, 2.75) is 12.6 Å². The van der Waals surface area contributed by atoms with Gasteiger partial charge in [-0.2, -0.15) is 0 Å². The summed E-state index contributed by atoms with van der Waals surface area (Å²) < 4.78 is 12.1. The van der Waals surface area contributed by atoms with Crippen LogP contribution in [0.3, 0.4) is 0 Å². The second-order valence-corrected chi connectivity index (χ2v) is 6.20. The minimum atomic E-state index is -0.00109. The number of benzene rings is 3. The summed E-state index contributed by atoms with van der Waals surface area (Å²) in [5.74, 6) is 1.80. The predicted octanol–water partition coefficient (Wildman–Crippen LogP) is 4.53. The third kappa shape index (κ3) is 3.77. The highest BCUT2D eigenvalue weighted by Gasteiger charge is 2.26. The molecule has 3 aromatic carbocycles. The van der Waals surface area contributed by atoms with E-state index in [1.165, 1.54) is 5.56 Å². The minimum Gasteiger partial charge on any atom is -0.490 e. The van der Waals surface area contributed by atoms with Crippen LogP contribution in [0.2, 0.25) is 0 Å². The number of para-hydroxylation sites is 3. The molecule has 1 aliphatic rings. The molecule has 0 radical (unpaired) electrons. The van der Waals surface area contributed by atoms with Gasteiger partial charge in [0.15, 0.2) is 6.10 Å². The maximum Gasteiger partial charge on any atom is 0.150 e. The lowest BCUT2D eigenvalue weighted by Gasteiger charge is -2.36. The van der Waals surface area contributed by atoms with Crippen LogP contribution in [0, 0.1) is 0 Å². The van der Waals surface area contributed by atoms with Crippen molar-refractivity contribution in [1.82, 2.24) is 0 Å². The first-order valence-electron chi connectivity index (χ1n) is 8.61. The maximum absolute atomic E-state index is 6.15. The zero-order chi connectivity index (χ0) is 16.9. The van der Waals surface area contributed by atoms with Crippen LogP contribution in [0.4, 0.5) is 5.69 Å². The van der Waals surface area contributed by atoms with Gasteiger partial charge in [-0.15, -0.1) is 0 Å². The molecular weight excluding hydrogens is 310 g/mol. The Morgan fingerprint density at radius 2 is 1.52 bits per heavy atom. The quantitative estimate of drug-likeness (QED) is 0.685. The number of hydrogen-bond donors (Lipinski definition) is 0. The summed E-state index contributed by atoms with van der Waals surface area (Å²) in [5.41, 5.74) is 2.43. The fourth-order valence-electron chi connectivity index (χ4n) is 3.13. The Morgan fingerprint density at radius 1 is 0.840 bits per heavy atom. The summed E-state index contributed by atoms with van der Waals surface area (Å²) in [6, 6.07) is 28.6. The Balaban J connectivity index is 1.50. The molecule has 0 spiro atoms. The summed E-state index contributed by atoms with van der Waals surface area (Å²) in [7, 11) is 0. The summed E-state index contributed by atoms with van der Waals surface area (Å²) in [6.45, 7) is 2.20. The zero-order valence-electron chi connectivity index (χ0n) is 14.0. The second kappa shape index (κ2) is 7.31.